The molecule has 0 bridgehead atoms. The van der Waals surface area contributed by atoms with Gasteiger partial charge in [-0.05, 0) is 94.5 Å². The molecule has 182 valence electrons. The summed E-state index contributed by atoms with van der Waals surface area (Å²) in [6.45, 7) is 10.4. The van der Waals surface area contributed by atoms with Gasteiger partial charge in [0.1, 0.15) is 19.8 Å². The minimum Gasteiger partial charge on any atom is -0.456 e. The summed E-state index contributed by atoms with van der Waals surface area (Å²) in [6.07, 6.45) is -0.639. The molecule has 0 spiro atoms. The van der Waals surface area contributed by atoms with Crippen LogP contribution in [0.1, 0.15) is 51.9 Å². The van der Waals surface area contributed by atoms with Gasteiger partial charge in [-0.2, -0.15) is 9.78 Å². The fourth-order valence-electron chi connectivity index (χ4n) is 3.00. The van der Waals surface area contributed by atoms with Crippen LogP contribution in [0.5, 0.6) is 0 Å². The van der Waals surface area contributed by atoms with Gasteiger partial charge < -0.3 is 9.47 Å². The molecule has 11 heteroatoms. The van der Waals surface area contributed by atoms with E-state index in [-0.39, 0.29) is 16.1 Å². The van der Waals surface area contributed by atoms with Gasteiger partial charge in [0.25, 0.3) is 10.0 Å². The number of hydrogen-bond donors (Lipinski definition) is 1. The zero-order valence-corrected chi connectivity index (χ0v) is 22.6. The quantitative estimate of drug-likeness (QED) is 0.325. The maximum atomic E-state index is 13.2. The normalized spacial score (nSPS) is 12.4. The lowest BCUT2D eigenvalue weighted by Crippen LogP contribution is -2.27. The number of sulfonamides is 1. The molecule has 1 heterocycles. The lowest BCUT2D eigenvalue weighted by molar-refractivity contribution is 0.00648. The van der Waals surface area contributed by atoms with Crippen molar-refractivity contribution in [3.63, 3.8) is 0 Å². The molecule has 0 amide bonds. The van der Waals surface area contributed by atoms with Crippen LogP contribution < -0.4 is 4.72 Å². The number of nitrogens with one attached hydrogen (secondary N) is 1. The van der Waals surface area contributed by atoms with Crippen molar-refractivity contribution in [3.05, 3.63) is 51.7 Å². The van der Waals surface area contributed by atoms with Crippen molar-refractivity contribution in [2.24, 2.45) is 0 Å². The second kappa shape index (κ2) is 9.17. The Morgan fingerprint density at radius 3 is 2.21 bits per heavy atom. The number of nitrogens with zero attached hydrogens (tertiary/aromatic N) is 2. The van der Waals surface area contributed by atoms with E-state index >= 15 is 0 Å². The van der Waals surface area contributed by atoms with Gasteiger partial charge in [-0.3, -0.25) is 4.72 Å². The molecule has 0 saturated carbocycles. The number of hydrogen-bond acceptors (Lipinski definition) is 7. The van der Waals surface area contributed by atoms with E-state index < -0.39 is 33.3 Å². The van der Waals surface area contributed by atoms with Crippen LogP contribution in [0.4, 0.5) is 10.5 Å². The zero-order valence-electron chi connectivity index (χ0n) is 19.7. The number of carbonyl (C=O) groups is 2. The Labute approximate surface area is 212 Å². The highest BCUT2D eigenvalue weighted by Crippen LogP contribution is 2.27. The summed E-state index contributed by atoms with van der Waals surface area (Å²) in [5.74, 6) is -0.739. The molecule has 34 heavy (non-hydrogen) atoms. The highest BCUT2D eigenvalue weighted by molar-refractivity contribution is 14.1. The van der Waals surface area contributed by atoms with E-state index in [4.69, 9.17) is 9.47 Å². The molecule has 0 atom stereocenters. The number of fused-ring (bicyclic) bond motifs is 1. The molecule has 0 aliphatic heterocycles. The Morgan fingerprint density at radius 1 is 0.971 bits per heavy atom. The Hall–Kier alpha value is -2.67. The number of aromatic nitrogens is 2. The number of carbonyl (C=O) groups excluding carboxylic acids is 2. The van der Waals surface area contributed by atoms with Crippen LogP contribution in [0, 0.1) is 3.70 Å². The lowest BCUT2D eigenvalue weighted by Gasteiger charge is -2.20. The van der Waals surface area contributed by atoms with Crippen molar-refractivity contribution in [3.8, 4) is 0 Å². The Morgan fingerprint density at radius 2 is 1.59 bits per heavy atom. The molecular formula is C23H26IN3O6S. The van der Waals surface area contributed by atoms with Crippen LogP contribution in [-0.2, 0) is 19.5 Å². The minimum atomic E-state index is -4.13. The molecule has 1 aromatic heterocycles. The van der Waals surface area contributed by atoms with Crippen LogP contribution in [0.2, 0.25) is 0 Å². The van der Waals surface area contributed by atoms with Crippen LogP contribution in [-0.4, -0.2) is 41.5 Å². The first-order chi connectivity index (χ1) is 15.6. The molecule has 2 aromatic carbocycles. The molecule has 0 fully saturated rings. The van der Waals surface area contributed by atoms with Crippen LogP contribution in [0.3, 0.4) is 0 Å². The largest absolute Gasteiger partial charge is 0.456 e. The number of ether oxygens (including phenoxy) is 2. The van der Waals surface area contributed by atoms with Gasteiger partial charge in [-0.1, -0.05) is 12.1 Å². The lowest BCUT2D eigenvalue weighted by atomic mass is 10.1. The van der Waals surface area contributed by atoms with Crippen molar-refractivity contribution in [2.45, 2.75) is 57.6 Å². The van der Waals surface area contributed by atoms with Gasteiger partial charge >= 0.3 is 12.1 Å². The predicted octanol–water partition coefficient (Wildman–Crippen LogP) is 5.18. The Kier molecular flexibility index (Phi) is 7.00. The van der Waals surface area contributed by atoms with E-state index in [0.717, 1.165) is 4.68 Å². The third-order valence-electron chi connectivity index (χ3n) is 4.25. The summed E-state index contributed by atoms with van der Waals surface area (Å²) in [4.78, 5) is 24.9. The van der Waals surface area contributed by atoms with Gasteiger partial charge in [0.15, 0.2) is 0 Å². The van der Waals surface area contributed by atoms with Gasteiger partial charge in [0, 0.05) is 11.1 Å². The topological polar surface area (TPSA) is 117 Å². The second-order valence-electron chi connectivity index (χ2n) is 9.52. The summed E-state index contributed by atoms with van der Waals surface area (Å²) in [5, 5.41) is 4.79. The smallest absolute Gasteiger partial charge is 0.435 e. The molecule has 3 aromatic rings. The number of halogens is 1. The van der Waals surface area contributed by atoms with Crippen molar-refractivity contribution in [2.75, 3.05) is 4.72 Å². The van der Waals surface area contributed by atoms with Crippen molar-refractivity contribution >= 4 is 61.3 Å². The highest BCUT2D eigenvalue weighted by Gasteiger charge is 2.27. The summed E-state index contributed by atoms with van der Waals surface area (Å²) in [7, 11) is -4.13. The van der Waals surface area contributed by atoms with E-state index in [1.807, 2.05) is 22.6 Å². The van der Waals surface area contributed by atoms with E-state index in [1.54, 1.807) is 59.7 Å². The SMILES string of the molecule is CC(C)(C)OC(=O)c1ccccc1S(=O)(=O)Nc1ccc2c(c1)c(I)nn2C(=O)OC(C)(C)C. The molecule has 1 N–H and O–H groups in total. The molecule has 9 nitrogen and oxygen atoms in total. The first kappa shape index (κ1) is 25.9. The van der Waals surface area contributed by atoms with Gasteiger partial charge in [0.05, 0.1) is 11.1 Å². The number of esters is 1. The molecule has 3 rings (SSSR count). The van der Waals surface area contributed by atoms with Gasteiger partial charge in [-0.15, -0.1) is 0 Å². The highest BCUT2D eigenvalue weighted by atomic mass is 127. The molecule has 0 aliphatic carbocycles. The molecule has 0 unspecified atom stereocenters. The van der Waals surface area contributed by atoms with Crippen LogP contribution in [0.15, 0.2) is 47.4 Å². The average molecular weight is 599 g/mol. The number of anilines is 1. The van der Waals surface area contributed by atoms with Gasteiger partial charge in [-0.25, -0.2) is 18.0 Å². The fourth-order valence-corrected chi connectivity index (χ4v) is 4.90. The number of benzene rings is 2. The van der Waals surface area contributed by atoms with Crippen molar-refractivity contribution in [1.29, 1.82) is 0 Å². The zero-order chi connectivity index (χ0) is 25.5. The van der Waals surface area contributed by atoms with E-state index in [1.165, 1.54) is 24.3 Å². The molecule has 0 aliphatic rings. The van der Waals surface area contributed by atoms with Gasteiger partial charge in [0.2, 0.25) is 0 Å². The second-order valence-corrected chi connectivity index (χ2v) is 12.2. The van der Waals surface area contributed by atoms with Crippen molar-refractivity contribution < 1.29 is 27.5 Å². The standard InChI is InChI=1S/C23H26IN3O6S/c1-22(2,3)32-20(28)15-9-7-8-10-18(15)34(30,31)26-14-11-12-17-16(13-14)19(24)25-27(17)21(29)33-23(4,5)6/h7-13,26H,1-6H3. The fraction of sp³-hybridized carbons (Fsp3) is 0.348. The molecular weight excluding hydrogens is 573 g/mol. The van der Waals surface area contributed by atoms with E-state index in [9.17, 15) is 18.0 Å². The maximum Gasteiger partial charge on any atom is 0.435 e. The average Bonchev–Trinajstić information content (AvgIpc) is 3.01. The summed E-state index contributed by atoms with van der Waals surface area (Å²) in [6, 6.07) is 10.5. The van der Waals surface area contributed by atoms with E-state index in [0.29, 0.717) is 14.6 Å². The Balaban J connectivity index is 1.95. The maximum absolute atomic E-state index is 13.2. The van der Waals surface area contributed by atoms with E-state index in [2.05, 4.69) is 9.82 Å². The monoisotopic (exact) mass is 599 g/mol. The summed E-state index contributed by atoms with van der Waals surface area (Å²) < 4.78 is 41.2. The number of rotatable bonds is 4. The van der Waals surface area contributed by atoms with Crippen LogP contribution in [0.25, 0.3) is 10.9 Å². The molecule has 0 radical (unpaired) electrons. The first-order valence-corrected chi connectivity index (χ1v) is 12.9. The third-order valence-corrected chi connectivity index (χ3v) is 6.49. The third kappa shape index (κ3) is 6.06. The minimum absolute atomic E-state index is 0.0710. The Bertz CT molecular complexity index is 1370. The molecule has 0 saturated heterocycles. The summed E-state index contributed by atoms with van der Waals surface area (Å²) in [5.41, 5.74) is -0.836. The first-order valence-electron chi connectivity index (χ1n) is 10.3. The van der Waals surface area contributed by atoms with Crippen LogP contribution >= 0.6 is 22.6 Å². The van der Waals surface area contributed by atoms with Crippen molar-refractivity contribution in [1.82, 2.24) is 9.78 Å². The predicted molar refractivity (Wildman–Crippen MR) is 137 cm³/mol. The summed E-state index contributed by atoms with van der Waals surface area (Å²) >= 11 is 1.96.